The molecule has 0 atom stereocenters. The molecule has 2 aromatic heterocycles. The molecule has 0 aliphatic carbocycles. The van der Waals surface area contributed by atoms with Crippen LogP contribution in [0.5, 0.6) is 0 Å². The number of hydrogen-bond acceptors (Lipinski definition) is 6. The van der Waals surface area contributed by atoms with E-state index in [4.69, 9.17) is 27.3 Å². The van der Waals surface area contributed by atoms with E-state index in [1.54, 1.807) is 6.26 Å². The van der Waals surface area contributed by atoms with E-state index in [1.165, 1.54) is 0 Å². The van der Waals surface area contributed by atoms with Crippen LogP contribution in [0.15, 0.2) is 288 Å². The Labute approximate surface area is 488 Å². The Bertz CT molecular complexity index is 4860. The van der Waals surface area contributed by atoms with Crippen LogP contribution in [0.3, 0.4) is 0 Å². The Morgan fingerprint density at radius 2 is 0.890 bits per heavy atom. The standard InChI is InChI=1S/C37H25BN2O.C37H27ClN2O/c1-24-23-29-35-37(41-36(29)28-18-9-8-17-27(24)28)38-30-19-10-11-20-31(30)39(25-13-4-2-5-14-25)32-21-12-22-33(34(32)38)40(35)26-15-6-3-7-16-26;1-26-24-32-35(25-41-37(32)31-21-12-11-20-30(26)31)40(29-18-9-4-10-19-29)34-23-13-22-33(36(34)38)39(27-14-5-2-6-15-27)28-16-7-3-8-17-28/h2-23H,1H3;2-25H,1H3/i1D3;1D2. The van der Waals surface area contributed by atoms with Crippen molar-refractivity contribution >= 4 is 147 Å². The fraction of sp³-hybridized carbons (Fsp3) is 0.0270. The summed E-state index contributed by atoms with van der Waals surface area (Å²) in [5.41, 5.74) is 16.9. The van der Waals surface area contributed by atoms with E-state index in [9.17, 15) is 0 Å². The van der Waals surface area contributed by atoms with Gasteiger partial charge in [-0.1, -0.05) is 181 Å². The first-order valence-corrected chi connectivity index (χ1v) is 27.7. The molecule has 0 N–H and O–H groups in total. The van der Waals surface area contributed by atoms with Crippen LogP contribution in [0.2, 0.25) is 5.02 Å². The van der Waals surface area contributed by atoms with Crippen LogP contribution in [-0.4, -0.2) is 6.71 Å². The van der Waals surface area contributed by atoms with Crippen molar-refractivity contribution in [3.05, 3.63) is 295 Å². The number of anilines is 12. The van der Waals surface area contributed by atoms with Crippen molar-refractivity contribution in [1.82, 2.24) is 0 Å². The van der Waals surface area contributed by atoms with E-state index in [0.29, 0.717) is 32.7 Å². The molecule has 14 aromatic rings. The fourth-order valence-electron chi connectivity index (χ4n) is 12.4. The van der Waals surface area contributed by atoms with Gasteiger partial charge in [0.05, 0.1) is 33.4 Å². The number of benzene rings is 12. The number of hydrogen-bond donors (Lipinski definition) is 0. The predicted octanol–water partition coefficient (Wildman–Crippen LogP) is 19.5. The molecule has 6 nitrogen and oxygen atoms in total. The monoisotopic (exact) mass is 1080 g/mol. The molecular weight excluding hydrogens is 1020 g/mol. The van der Waals surface area contributed by atoms with E-state index in [0.717, 1.165) is 112 Å². The van der Waals surface area contributed by atoms with Crippen LogP contribution in [0.25, 0.3) is 43.5 Å². The lowest BCUT2D eigenvalue weighted by molar-refractivity contribution is 0.619. The van der Waals surface area contributed by atoms with Crippen LogP contribution in [-0.2, 0) is 0 Å². The van der Waals surface area contributed by atoms with Gasteiger partial charge in [0.15, 0.2) is 0 Å². The third kappa shape index (κ3) is 7.95. The van der Waals surface area contributed by atoms with E-state index < -0.39 is 13.7 Å². The van der Waals surface area contributed by atoms with Gasteiger partial charge in [-0.15, -0.1) is 0 Å². The summed E-state index contributed by atoms with van der Waals surface area (Å²) < 4.78 is 55.3. The summed E-state index contributed by atoms with van der Waals surface area (Å²) in [6.45, 7) is -3.63. The summed E-state index contributed by atoms with van der Waals surface area (Å²) >= 11 is 7.42. The van der Waals surface area contributed by atoms with Crippen LogP contribution < -0.4 is 36.2 Å². The SMILES string of the molecule is [2H]C([2H])([2H])c1cc2c3c(oc2c2ccccc12)B1c2ccccc2N(c2ccccc2)c2cccc(c21)N3c1ccccc1.[2H]C([2H])c1cc2c(N(c3ccccc3)c3cccc(N(c4ccccc4)c4ccccc4)c3Cl)coc2c2ccccc12. The second-order valence-electron chi connectivity index (χ2n) is 20.5. The van der Waals surface area contributed by atoms with Gasteiger partial charge in [-0.2, -0.15) is 0 Å². The lowest BCUT2D eigenvalue weighted by Crippen LogP contribution is -2.60. The van der Waals surface area contributed by atoms with Gasteiger partial charge < -0.3 is 28.4 Å². The molecule has 0 saturated heterocycles. The summed E-state index contributed by atoms with van der Waals surface area (Å²) in [7, 11) is 0. The lowest BCUT2D eigenvalue weighted by atomic mass is 9.35. The molecule has 16 rings (SSSR count). The highest BCUT2D eigenvalue weighted by atomic mass is 35.5. The minimum absolute atomic E-state index is 0.185. The van der Waals surface area contributed by atoms with Crippen molar-refractivity contribution in [3.63, 3.8) is 0 Å². The minimum Gasteiger partial charge on any atom is -0.467 e. The first kappa shape index (κ1) is 43.6. The molecule has 8 heteroatoms. The zero-order valence-electron chi connectivity index (χ0n) is 49.2. The van der Waals surface area contributed by atoms with Gasteiger partial charge in [0.25, 0.3) is 6.71 Å². The maximum Gasteiger partial charge on any atom is 0.297 e. The molecule has 82 heavy (non-hydrogen) atoms. The van der Waals surface area contributed by atoms with Gasteiger partial charge in [0.2, 0.25) is 0 Å². The predicted molar refractivity (Wildman–Crippen MR) is 345 cm³/mol. The Morgan fingerprint density at radius 1 is 0.415 bits per heavy atom. The zero-order chi connectivity index (χ0) is 58.9. The van der Waals surface area contributed by atoms with Crippen LogP contribution in [0.4, 0.5) is 68.2 Å². The molecule has 4 heterocycles. The lowest BCUT2D eigenvalue weighted by Gasteiger charge is -2.42. The van der Waals surface area contributed by atoms with Gasteiger partial charge in [-0.25, -0.2) is 0 Å². The maximum absolute atomic E-state index is 8.45. The number of para-hydroxylation sites is 6. The van der Waals surface area contributed by atoms with E-state index >= 15 is 0 Å². The zero-order valence-corrected chi connectivity index (χ0v) is 45.0. The quantitative estimate of drug-likeness (QED) is 0.141. The molecule has 12 aromatic carbocycles. The number of furan rings is 2. The van der Waals surface area contributed by atoms with Crippen LogP contribution in [0, 0.1) is 13.7 Å². The summed E-state index contributed by atoms with van der Waals surface area (Å²) in [6.07, 6.45) is 1.74. The normalized spacial score (nSPS) is 13.3. The van der Waals surface area contributed by atoms with Gasteiger partial charge in [-0.3, -0.25) is 0 Å². The third-order valence-electron chi connectivity index (χ3n) is 15.8. The molecule has 0 radical (unpaired) electrons. The van der Waals surface area contributed by atoms with Crippen molar-refractivity contribution in [2.24, 2.45) is 0 Å². The topological polar surface area (TPSA) is 39.2 Å². The number of nitrogens with zero attached hydrogens (tertiary/aromatic N) is 4. The van der Waals surface area contributed by atoms with E-state index in [1.807, 2.05) is 170 Å². The number of halogens is 1. The van der Waals surface area contributed by atoms with Gasteiger partial charge in [0.1, 0.15) is 17.4 Å². The maximum atomic E-state index is 8.45. The second kappa shape index (κ2) is 20.2. The van der Waals surface area contributed by atoms with E-state index in [2.05, 4.69) is 123 Å². The Balaban J connectivity index is 0.000000147. The van der Waals surface area contributed by atoms with Crippen molar-refractivity contribution in [1.29, 1.82) is 0 Å². The highest BCUT2D eigenvalue weighted by Gasteiger charge is 2.46. The summed E-state index contributed by atoms with van der Waals surface area (Å²) in [6, 6.07) is 91.4. The van der Waals surface area contributed by atoms with Crippen LogP contribution in [0.1, 0.15) is 18.0 Å². The molecule has 0 spiro atoms. The first-order valence-electron chi connectivity index (χ1n) is 30.0. The Morgan fingerprint density at radius 3 is 1.51 bits per heavy atom. The molecule has 2 aliphatic heterocycles. The van der Waals surface area contributed by atoms with Gasteiger partial charge in [0, 0.05) is 73.9 Å². The largest absolute Gasteiger partial charge is 0.467 e. The van der Waals surface area contributed by atoms with Crippen molar-refractivity contribution < 1.29 is 15.7 Å². The molecule has 0 bridgehead atoms. The molecule has 390 valence electrons. The highest BCUT2D eigenvalue weighted by molar-refractivity contribution is 7.00. The molecule has 0 saturated carbocycles. The minimum atomic E-state index is -2.29. The van der Waals surface area contributed by atoms with Gasteiger partial charge >= 0.3 is 0 Å². The molecular formula is C74H52BClN4O2. The third-order valence-corrected chi connectivity index (χ3v) is 16.2. The van der Waals surface area contributed by atoms with Crippen LogP contribution >= 0.6 is 11.6 Å². The Hall–Kier alpha value is -10.2. The van der Waals surface area contributed by atoms with E-state index in [-0.39, 0.29) is 6.71 Å². The molecule has 0 unspecified atom stereocenters. The molecule has 0 amide bonds. The van der Waals surface area contributed by atoms with Gasteiger partial charge in [-0.05, 0) is 150 Å². The Kier molecular flexibility index (Phi) is 10.7. The average Bonchev–Trinajstić information content (AvgIpc) is 1.68. The summed E-state index contributed by atoms with van der Waals surface area (Å²) in [4.78, 5) is 8.83. The highest BCUT2D eigenvalue weighted by Crippen LogP contribution is 2.51. The number of rotatable bonds is 8. The average molecular weight is 1080 g/mol. The molecule has 2 aliphatic rings. The smallest absolute Gasteiger partial charge is 0.297 e. The van der Waals surface area contributed by atoms with Crippen molar-refractivity contribution in [2.75, 3.05) is 19.6 Å². The summed E-state index contributed by atoms with van der Waals surface area (Å²) in [5.74, 6) is 0. The van der Waals surface area contributed by atoms with Crippen molar-refractivity contribution in [2.45, 2.75) is 13.7 Å². The van der Waals surface area contributed by atoms with Crippen molar-refractivity contribution in [3.8, 4) is 0 Å². The first-order chi connectivity index (χ1) is 42.6. The number of fused-ring (bicyclic) bond motifs is 11. The molecule has 0 fully saturated rings. The second-order valence-corrected chi connectivity index (χ2v) is 20.9. The number of aryl methyl sites for hydroxylation is 2. The fourth-order valence-corrected chi connectivity index (χ4v) is 12.7. The summed E-state index contributed by atoms with van der Waals surface area (Å²) in [5, 5.41) is 5.39.